The summed E-state index contributed by atoms with van der Waals surface area (Å²) in [7, 11) is 0. The minimum absolute atomic E-state index is 0.0339. The van der Waals surface area contributed by atoms with Gasteiger partial charge in [-0.15, -0.1) is 0 Å². The highest BCUT2D eigenvalue weighted by molar-refractivity contribution is 9.10. The maximum Gasteiger partial charge on any atom is 0.213 e. The summed E-state index contributed by atoms with van der Waals surface area (Å²) in [6.45, 7) is 1.41. The molecule has 1 aromatic heterocycles. The Morgan fingerprint density at radius 1 is 1.42 bits per heavy atom. The van der Waals surface area contributed by atoms with Gasteiger partial charge in [0.25, 0.3) is 0 Å². The average molecular weight is 330 g/mol. The summed E-state index contributed by atoms with van der Waals surface area (Å²) in [6.07, 6.45) is 3.92. The number of aromatic nitrogens is 1. The van der Waals surface area contributed by atoms with E-state index in [-0.39, 0.29) is 13.2 Å². The van der Waals surface area contributed by atoms with Gasteiger partial charge in [-0.05, 0) is 28.8 Å². The van der Waals surface area contributed by atoms with E-state index in [0.29, 0.717) is 25.0 Å². The Morgan fingerprint density at radius 2 is 2.16 bits per heavy atom. The fraction of sp³-hybridized carbons (Fsp3) is 0.615. The molecule has 3 rings (SSSR count). The first kappa shape index (κ1) is 13.3. The van der Waals surface area contributed by atoms with Gasteiger partial charge in [0.2, 0.25) is 5.88 Å². The van der Waals surface area contributed by atoms with E-state index < -0.39 is 5.79 Å². The van der Waals surface area contributed by atoms with Crippen molar-refractivity contribution in [3.63, 3.8) is 0 Å². The van der Waals surface area contributed by atoms with Gasteiger partial charge >= 0.3 is 0 Å². The van der Waals surface area contributed by atoms with Crippen LogP contribution in [-0.2, 0) is 15.3 Å². The molecule has 6 heteroatoms. The lowest BCUT2D eigenvalue weighted by Gasteiger charge is -2.29. The van der Waals surface area contributed by atoms with Crippen LogP contribution in [0.15, 0.2) is 16.7 Å². The number of ether oxygens (including phenoxy) is 3. The Balaban J connectivity index is 1.93. The second-order valence-electron chi connectivity index (χ2n) is 4.71. The maximum absolute atomic E-state index is 8.80. The van der Waals surface area contributed by atoms with Crippen molar-refractivity contribution in [3.8, 4) is 5.88 Å². The lowest BCUT2D eigenvalue weighted by atomic mass is 10.0. The van der Waals surface area contributed by atoms with Crippen LogP contribution in [0.4, 0.5) is 0 Å². The van der Waals surface area contributed by atoms with Gasteiger partial charge in [-0.2, -0.15) is 0 Å². The monoisotopic (exact) mass is 329 g/mol. The topological polar surface area (TPSA) is 60.8 Å². The third kappa shape index (κ3) is 2.50. The molecule has 2 fully saturated rings. The highest BCUT2D eigenvalue weighted by Gasteiger charge is 2.52. The highest BCUT2D eigenvalue weighted by atomic mass is 79.9. The quantitative estimate of drug-likeness (QED) is 0.892. The van der Waals surface area contributed by atoms with Crippen molar-refractivity contribution < 1.29 is 19.3 Å². The van der Waals surface area contributed by atoms with Crippen LogP contribution < -0.4 is 4.74 Å². The molecule has 2 heterocycles. The van der Waals surface area contributed by atoms with Crippen LogP contribution in [0.3, 0.4) is 0 Å². The molecule has 1 saturated carbocycles. The van der Waals surface area contributed by atoms with E-state index in [2.05, 4.69) is 20.9 Å². The van der Waals surface area contributed by atoms with Crippen LogP contribution in [-0.4, -0.2) is 36.5 Å². The van der Waals surface area contributed by atoms with Gasteiger partial charge in [-0.25, -0.2) is 4.98 Å². The van der Waals surface area contributed by atoms with E-state index in [0.717, 1.165) is 22.9 Å². The van der Waals surface area contributed by atoms with Crippen molar-refractivity contribution in [1.82, 2.24) is 4.98 Å². The Labute approximate surface area is 120 Å². The molecule has 1 N–H and O–H groups in total. The minimum atomic E-state index is -0.654. The van der Waals surface area contributed by atoms with Crippen LogP contribution in [0, 0.1) is 5.92 Å². The zero-order valence-electron chi connectivity index (χ0n) is 10.5. The molecule has 5 nitrogen and oxygen atoms in total. The zero-order valence-corrected chi connectivity index (χ0v) is 12.1. The Morgan fingerprint density at radius 3 is 2.79 bits per heavy atom. The number of hydrogen-bond acceptors (Lipinski definition) is 5. The molecule has 1 saturated heterocycles. The van der Waals surface area contributed by atoms with Gasteiger partial charge < -0.3 is 19.3 Å². The lowest BCUT2D eigenvalue weighted by molar-refractivity contribution is -0.182. The Hall–Kier alpha value is -0.690. The molecule has 0 bridgehead atoms. The normalized spacial score (nSPS) is 21.6. The van der Waals surface area contributed by atoms with Gasteiger partial charge in [-0.1, -0.05) is 0 Å². The third-order valence-corrected chi connectivity index (χ3v) is 4.01. The molecule has 0 atom stereocenters. The van der Waals surface area contributed by atoms with E-state index >= 15 is 0 Å². The second kappa shape index (κ2) is 5.36. The van der Waals surface area contributed by atoms with Crippen LogP contribution >= 0.6 is 15.9 Å². The summed E-state index contributed by atoms with van der Waals surface area (Å²) in [4.78, 5) is 4.17. The molecule has 1 aliphatic heterocycles. The smallest absolute Gasteiger partial charge is 0.213 e. The van der Waals surface area contributed by atoms with E-state index in [1.807, 2.05) is 6.07 Å². The van der Waals surface area contributed by atoms with Crippen molar-refractivity contribution in [2.75, 3.05) is 26.4 Å². The molecule has 0 unspecified atom stereocenters. The van der Waals surface area contributed by atoms with Gasteiger partial charge in [0.05, 0.1) is 19.8 Å². The number of aliphatic hydroxyl groups excluding tert-OH is 1. The largest absolute Gasteiger partial charge is 0.475 e. The standard InChI is InChI=1S/C13H16BrNO4/c14-11-8-15-12(17-4-3-16)7-10(11)13(9-1-2-9)18-5-6-19-13/h7-9,16H,1-6H2. The fourth-order valence-corrected chi connectivity index (χ4v) is 2.91. The summed E-state index contributed by atoms with van der Waals surface area (Å²) in [5, 5.41) is 8.80. The first-order valence-electron chi connectivity index (χ1n) is 6.44. The number of hydrogen-bond donors (Lipinski definition) is 1. The molecule has 0 aromatic carbocycles. The Kier molecular flexibility index (Phi) is 3.75. The first-order chi connectivity index (χ1) is 9.26. The molecule has 0 amide bonds. The van der Waals surface area contributed by atoms with E-state index in [9.17, 15) is 0 Å². The summed E-state index contributed by atoms with van der Waals surface area (Å²) in [5.41, 5.74) is 0.926. The lowest BCUT2D eigenvalue weighted by Crippen LogP contribution is -2.30. The summed E-state index contributed by atoms with van der Waals surface area (Å²) >= 11 is 3.51. The SMILES string of the molecule is OCCOc1cc(C2(C3CC3)OCCO2)c(Br)cn1. The molecule has 0 radical (unpaired) electrons. The Bertz CT molecular complexity index is 458. The van der Waals surface area contributed by atoms with Crippen molar-refractivity contribution >= 4 is 15.9 Å². The van der Waals surface area contributed by atoms with Crippen LogP contribution in [0.25, 0.3) is 0 Å². The number of nitrogens with zero attached hydrogens (tertiary/aromatic N) is 1. The highest BCUT2D eigenvalue weighted by Crippen LogP contribution is 2.52. The van der Waals surface area contributed by atoms with Gasteiger partial charge in [0.1, 0.15) is 6.61 Å². The number of halogens is 1. The molecule has 19 heavy (non-hydrogen) atoms. The van der Waals surface area contributed by atoms with Crippen molar-refractivity contribution in [3.05, 3.63) is 22.3 Å². The summed E-state index contributed by atoms with van der Waals surface area (Å²) in [5.74, 6) is 0.227. The molecular formula is C13H16BrNO4. The maximum atomic E-state index is 8.80. The number of rotatable bonds is 5. The van der Waals surface area contributed by atoms with Gasteiger partial charge in [0.15, 0.2) is 5.79 Å². The summed E-state index contributed by atoms with van der Waals surface area (Å²) < 4.78 is 18.0. The predicted molar refractivity (Wildman–Crippen MR) is 70.8 cm³/mol. The minimum Gasteiger partial charge on any atom is -0.475 e. The molecular weight excluding hydrogens is 314 g/mol. The van der Waals surface area contributed by atoms with E-state index in [1.54, 1.807) is 6.20 Å². The molecule has 2 aliphatic rings. The third-order valence-electron chi connectivity index (χ3n) is 3.38. The fourth-order valence-electron chi connectivity index (χ4n) is 2.42. The molecule has 104 valence electrons. The van der Waals surface area contributed by atoms with Crippen LogP contribution in [0.5, 0.6) is 5.88 Å². The molecule has 1 aromatic rings. The van der Waals surface area contributed by atoms with Gasteiger partial charge in [0, 0.05) is 28.2 Å². The molecule has 0 spiro atoms. The van der Waals surface area contributed by atoms with Crippen molar-refractivity contribution in [1.29, 1.82) is 0 Å². The zero-order chi connectivity index (χ0) is 13.3. The van der Waals surface area contributed by atoms with E-state index in [1.165, 1.54) is 0 Å². The summed E-state index contributed by atoms with van der Waals surface area (Å²) in [6, 6.07) is 1.84. The molecule has 1 aliphatic carbocycles. The average Bonchev–Trinajstić information content (AvgIpc) is 3.17. The second-order valence-corrected chi connectivity index (χ2v) is 5.57. The van der Waals surface area contributed by atoms with Crippen LogP contribution in [0.2, 0.25) is 0 Å². The van der Waals surface area contributed by atoms with Crippen molar-refractivity contribution in [2.24, 2.45) is 5.92 Å². The predicted octanol–water partition coefficient (Wildman–Crippen LogP) is 1.82. The van der Waals surface area contributed by atoms with Gasteiger partial charge in [-0.3, -0.25) is 0 Å². The number of pyridine rings is 1. The van der Waals surface area contributed by atoms with Crippen LogP contribution in [0.1, 0.15) is 18.4 Å². The number of aliphatic hydroxyl groups is 1. The first-order valence-corrected chi connectivity index (χ1v) is 7.23. The van der Waals surface area contributed by atoms with Crippen molar-refractivity contribution in [2.45, 2.75) is 18.6 Å². The van der Waals surface area contributed by atoms with E-state index in [4.69, 9.17) is 19.3 Å².